The van der Waals surface area contributed by atoms with Crippen LogP contribution in [0.25, 0.3) is 0 Å². The van der Waals surface area contributed by atoms with Crippen LogP contribution in [0, 0.1) is 11.3 Å². The van der Waals surface area contributed by atoms with E-state index < -0.39 is 0 Å². The summed E-state index contributed by atoms with van der Waals surface area (Å²) in [5.41, 5.74) is 3.84. The van der Waals surface area contributed by atoms with Gasteiger partial charge in [0.2, 0.25) is 0 Å². The van der Waals surface area contributed by atoms with Crippen molar-refractivity contribution < 1.29 is 14.6 Å². The average molecular weight is 379 g/mol. The number of ether oxygens (including phenoxy) is 1. The van der Waals surface area contributed by atoms with Gasteiger partial charge in [-0.05, 0) is 47.9 Å². The first-order valence-corrected chi connectivity index (χ1v) is 9.50. The zero-order valence-corrected chi connectivity index (χ0v) is 16.0. The summed E-state index contributed by atoms with van der Waals surface area (Å²) in [5.74, 6) is -0.179. The van der Waals surface area contributed by atoms with E-state index in [1.165, 1.54) is 0 Å². The third-order valence-electron chi connectivity index (χ3n) is 5.00. The molecule has 0 bridgehead atoms. The summed E-state index contributed by atoms with van der Waals surface area (Å²) in [5, 5.41) is 21.5. The molecule has 1 saturated heterocycles. The summed E-state index contributed by atoms with van der Waals surface area (Å²) in [6.07, 6.45) is 0.727. The maximum atomic E-state index is 12.8. The Morgan fingerprint density at radius 2 is 2.21 bits per heavy atom. The molecule has 0 aromatic heterocycles. The normalized spacial score (nSPS) is 17.1. The maximum absolute atomic E-state index is 12.8. The van der Waals surface area contributed by atoms with Gasteiger partial charge in [-0.1, -0.05) is 19.1 Å². The summed E-state index contributed by atoms with van der Waals surface area (Å²) in [7, 11) is 0. The van der Waals surface area contributed by atoms with E-state index in [9.17, 15) is 9.90 Å². The van der Waals surface area contributed by atoms with E-state index in [0.717, 1.165) is 29.8 Å². The number of hydrogen-bond donors (Lipinski definition) is 2. The Morgan fingerprint density at radius 3 is 2.96 bits per heavy atom. The van der Waals surface area contributed by atoms with Gasteiger partial charge in [0.05, 0.1) is 37.5 Å². The number of carbonyl (C=O) groups excluding carboxylic acids is 1. The minimum atomic E-state index is -0.179. The molecule has 1 aliphatic heterocycles. The van der Waals surface area contributed by atoms with Gasteiger partial charge in [-0.3, -0.25) is 9.69 Å². The minimum Gasteiger partial charge on any atom is -0.395 e. The molecule has 6 heteroatoms. The molecule has 28 heavy (non-hydrogen) atoms. The molecule has 0 radical (unpaired) electrons. The fourth-order valence-corrected chi connectivity index (χ4v) is 3.38. The molecule has 1 atom stereocenters. The van der Waals surface area contributed by atoms with Crippen molar-refractivity contribution in [1.82, 2.24) is 4.90 Å². The zero-order valence-electron chi connectivity index (χ0n) is 16.0. The molecule has 0 spiro atoms. The number of benzene rings is 2. The number of nitrogens with zero attached hydrogens (tertiary/aromatic N) is 2. The van der Waals surface area contributed by atoms with E-state index in [2.05, 4.69) is 16.3 Å². The molecule has 2 aromatic rings. The lowest BCUT2D eigenvalue weighted by atomic mass is 10.1. The number of aryl methyl sites for hydroxylation is 1. The average Bonchev–Trinajstić information content (AvgIpc) is 2.74. The standard InChI is InChI=1S/C22H25N3O3/c1-2-18-10-16(12-23)6-7-21(18)24-22(27)19-5-3-4-17(11-19)13-25-8-9-28-15-20(25)14-26/h3-7,10-11,20,26H,2,8-9,13-15H2,1H3,(H,24,27)/t20-/m1/s1. The summed E-state index contributed by atoms with van der Waals surface area (Å²) in [4.78, 5) is 14.9. The van der Waals surface area contributed by atoms with Gasteiger partial charge in [0.1, 0.15) is 0 Å². The lowest BCUT2D eigenvalue weighted by Gasteiger charge is -2.34. The second kappa shape index (κ2) is 9.47. The highest BCUT2D eigenvalue weighted by Gasteiger charge is 2.22. The van der Waals surface area contributed by atoms with E-state index in [1.807, 2.05) is 25.1 Å². The third-order valence-corrected chi connectivity index (χ3v) is 5.00. The lowest BCUT2D eigenvalue weighted by molar-refractivity contribution is -0.0312. The van der Waals surface area contributed by atoms with Crippen LogP contribution in [0.4, 0.5) is 5.69 Å². The van der Waals surface area contributed by atoms with Crippen molar-refractivity contribution >= 4 is 11.6 Å². The summed E-state index contributed by atoms with van der Waals surface area (Å²) >= 11 is 0. The lowest BCUT2D eigenvalue weighted by Crippen LogP contribution is -2.46. The highest BCUT2D eigenvalue weighted by molar-refractivity contribution is 6.04. The van der Waals surface area contributed by atoms with Gasteiger partial charge >= 0.3 is 0 Å². The van der Waals surface area contributed by atoms with Crippen LogP contribution in [-0.2, 0) is 17.7 Å². The molecule has 6 nitrogen and oxygen atoms in total. The topological polar surface area (TPSA) is 85.6 Å². The highest BCUT2D eigenvalue weighted by Crippen LogP contribution is 2.20. The second-order valence-corrected chi connectivity index (χ2v) is 6.87. The van der Waals surface area contributed by atoms with Crippen LogP contribution in [0.3, 0.4) is 0 Å². The van der Waals surface area contributed by atoms with Crippen molar-refractivity contribution in [2.24, 2.45) is 0 Å². The van der Waals surface area contributed by atoms with Crippen LogP contribution < -0.4 is 5.32 Å². The SMILES string of the molecule is CCc1cc(C#N)ccc1NC(=O)c1cccc(CN2CCOC[C@H]2CO)c1. The first kappa shape index (κ1) is 20.0. The Hall–Kier alpha value is -2.72. The predicted octanol–water partition coefficient (Wildman–Crippen LogP) is 2.57. The number of anilines is 1. The van der Waals surface area contributed by atoms with E-state index in [1.54, 1.807) is 24.3 Å². The largest absolute Gasteiger partial charge is 0.395 e. The van der Waals surface area contributed by atoms with Gasteiger partial charge in [-0.2, -0.15) is 5.26 Å². The van der Waals surface area contributed by atoms with Crippen molar-refractivity contribution in [1.29, 1.82) is 5.26 Å². The Kier molecular flexibility index (Phi) is 6.77. The van der Waals surface area contributed by atoms with Crippen molar-refractivity contribution in [3.05, 3.63) is 64.7 Å². The molecule has 1 heterocycles. The van der Waals surface area contributed by atoms with Crippen molar-refractivity contribution in [3.63, 3.8) is 0 Å². The number of amides is 1. The quantitative estimate of drug-likeness (QED) is 0.806. The molecule has 2 N–H and O–H groups in total. The molecule has 0 unspecified atom stereocenters. The van der Waals surface area contributed by atoms with Crippen molar-refractivity contribution in [3.8, 4) is 6.07 Å². The minimum absolute atomic E-state index is 0.0167. The highest BCUT2D eigenvalue weighted by atomic mass is 16.5. The van der Waals surface area contributed by atoms with E-state index >= 15 is 0 Å². The molecule has 146 valence electrons. The van der Waals surface area contributed by atoms with Gasteiger partial charge in [0.15, 0.2) is 0 Å². The smallest absolute Gasteiger partial charge is 0.255 e. The summed E-state index contributed by atoms with van der Waals surface area (Å²) in [6.45, 7) is 4.63. The van der Waals surface area contributed by atoms with Crippen LogP contribution in [0.15, 0.2) is 42.5 Å². The summed E-state index contributed by atoms with van der Waals surface area (Å²) < 4.78 is 5.42. The molecular formula is C22H25N3O3. The molecule has 0 saturated carbocycles. The van der Waals surface area contributed by atoms with E-state index in [-0.39, 0.29) is 18.6 Å². The number of aliphatic hydroxyl groups excluding tert-OH is 1. The molecule has 3 rings (SSSR count). The van der Waals surface area contributed by atoms with Crippen LogP contribution >= 0.6 is 0 Å². The number of carbonyl (C=O) groups is 1. The third kappa shape index (κ3) is 4.76. The fraction of sp³-hybridized carbons (Fsp3) is 0.364. The Balaban J connectivity index is 1.73. The predicted molar refractivity (Wildman–Crippen MR) is 107 cm³/mol. The van der Waals surface area contributed by atoms with Crippen molar-refractivity contribution in [2.75, 3.05) is 31.7 Å². The first-order valence-electron chi connectivity index (χ1n) is 9.50. The van der Waals surface area contributed by atoms with Gasteiger partial charge < -0.3 is 15.2 Å². The number of aliphatic hydroxyl groups is 1. The first-order chi connectivity index (χ1) is 13.6. The van der Waals surface area contributed by atoms with Crippen LogP contribution in [0.5, 0.6) is 0 Å². The Morgan fingerprint density at radius 1 is 1.36 bits per heavy atom. The zero-order chi connectivity index (χ0) is 19.9. The fourth-order valence-electron chi connectivity index (χ4n) is 3.38. The maximum Gasteiger partial charge on any atom is 0.255 e. The number of nitriles is 1. The summed E-state index contributed by atoms with van der Waals surface area (Å²) in [6, 6.07) is 14.9. The molecular weight excluding hydrogens is 354 g/mol. The molecule has 2 aromatic carbocycles. The Labute approximate surface area is 165 Å². The number of nitrogens with one attached hydrogen (secondary N) is 1. The van der Waals surface area contributed by atoms with Crippen LogP contribution in [-0.4, -0.2) is 48.3 Å². The number of rotatable bonds is 6. The molecule has 1 aliphatic rings. The van der Waals surface area contributed by atoms with Crippen molar-refractivity contribution in [2.45, 2.75) is 25.9 Å². The van der Waals surface area contributed by atoms with Gasteiger partial charge in [-0.25, -0.2) is 0 Å². The molecule has 1 amide bonds. The molecule has 0 aliphatic carbocycles. The Bertz CT molecular complexity index is 876. The number of hydrogen-bond acceptors (Lipinski definition) is 5. The second-order valence-electron chi connectivity index (χ2n) is 6.87. The van der Waals surface area contributed by atoms with Crippen LogP contribution in [0.2, 0.25) is 0 Å². The van der Waals surface area contributed by atoms with E-state index in [0.29, 0.717) is 30.9 Å². The van der Waals surface area contributed by atoms with Gasteiger partial charge in [-0.15, -0.1) is 0 Å². The monoisotopic (exact) mass is 379 g/mol. The van der Waals surface area contributed by atoms with Gasteiger partial charge in [0.25, 0.3) is 5.91 Å². The van der Waals surface area contributed by atoms with Gasteiger partial charge in [0, 0.05) is 24.3 Å². The van der Waals surface area contributed by atoms with Crippen LogP contribution in [0.1, 0.15) is 34.0 Å². The number of morpholine rings is 1. The van der Waals surface area contributed by atoms with E-state index in [4.69, 9.17) is 10.00 Å². The molecule has 1 fully saturated rings.